The van der Waals surface area contributed by atoms with Crippen molar-refractivity contribution in [1.29, 1.82) is 5.26 Å². The molecule has 31 heavy (non-hydrogen) atoms. The summed E-state index contributed by atoms with van der Waals surface area (Å²) in [7, 11) is 3.29. The van der Waals surface area contributed by atoms with Gasteiger partial charge in [0.05, 0.1) is 31.6 Å². The summed E-state index contributed by atoms with van der Waals surface area (Å²) in [4.78, 5) is 15.0. The van der Waals surface area contributed by atoms with Crippen LogP contribution in [0.5, 0.6) is 11.5 Å². The molecule has 164 valence electrons. The maximum Gasteiger partial charge on any atom is 0.232 e. The summed E-state index contributed by atoms with van der Waals surface area (Å²) in [5.74, 6) is 2.99. The van der Waals surface area contributed by atoms with Crippen molar-refractivity contribution >= 4 is 17.7 Å². The number of hydrogen-bond donors (Lipinski definition) is 0. The first-order valence-corrected chi connectivity index (χ1v) is 11.9. The SMILES string of the molecule is COc1ccc(CCC2CCCCN2C(=O)CSCc2ccc(C#N)cc2)cc1OC. The third-order valence-corrected chi connectivity index (χ3v) is 6.73. The molecular formula is C25H30N2O3S. The fraction of sp³-hybridized carbons (Fsp3) is 0.440. The van der Waals surface area contributed by atoms with E-state index in [1.54, 1.807) is 26.0 Å². The van der Waals surface area contributed by atoms with E-state index in [2.05, 4.69) is 17.0 Å². The molecule has 0 aliphatic carbocycles. The van der Waals surface area contributed by atoms with E-state index in [1.807, 2.05) is 36.4 Å². The van der Waals surface area contributed by atoms with Gasteiger partial charge in [0.2, 0.25) is 5.91 Å². The molecule has 2 aromatic carbocycles. The maximum atomic E-state index is 12.9. The minimum absolute atomic E-state index is 0.232. The zero-order valence-corrected chi connectivity index (χ0v) is 19.1. The third-order valence-electron chi connectivity index (χ3n) is 5.74. The van der Waals surface area contributed by atoms with Gasteiger partial charge in [0.15, 0.2) is 11.5 Å². The molecule has 6 heteroatoms. The Hall–Kier alpha value is -2.65. The lowest BCUT2D eigenvalue weighted by Crippen LogP contribution is -2.44. The van der Waals surface area contributed by atoms with Gasteiger partial charge in [-0.3, -0.25) is 4.79 Å². The number of rotatable bonds is 9. The Labute approximate surface area is 189 Å². The van der Waals surface area contributed by atoms with Gasteiger partial charge in [-0.05, 0) is 67.5 Å². The molecule has 1 fully saturated rings. The first-order valence-electron chi connectivity index (χ1n) is 10.7. The van der Waals surface area contributed by atoms with Gasteiger partial charge in [0.1, 0.15) is 0 Å². The fourth-order valence-electron chi connectivity index (χ4n) is 4.01. The summed E-state index contributed by atoms with van der Waals surface area (Å²) in [6, 6.07) is 16.0. The highest BCUT2D eigenvalue weighted by Gasteiger charge is 2.26. The fourth-order valence-corrected chi connectivity index (χ4v) is 4.88. The van der Waals surface area contributed by atoms with E-state index in [0.717, 1.165) is 55.0 Å². The molecule has 0 N–H and O–H groups in total. The molecule has 1 atom stereocenters. The van der Waals surface area contributed by atoms with Crippen LogP contribution in [0.25, 0.3) is 0 Å². The highest BCUT2D eigenvalue weighted by Crippen LogP contribution is 2.29. The predicted octanol–water partition coefficient (Wildman–Crippen LogP) is 4.82. The highest BCUT2D eigenvalue weighted by molar-refractivity contribution is 7.99. The largest absolute Gasteiger partial charge is 0.493 e. The number of carbonyl (C=O) groups excluding carboxylic acids is 1. The van der Waals surface area contributed by atoms with Crippen LogP contribution in [0.1, 0.15) is 42.4 Å². The number of hydrogen-bond acceptors (Lipinski definition) is 5. The number of methoxy groups -OCH3 is 2. The average Bonchev–Trinajstić information content (AvgIpc) is 2.83. The molecule has 0 bridgehead atoms. The molecule has 1 aliphatic heterocycles. The minimum Gasteiger partial charge on any atom is -0.493 e. The van der Waals surface area contributed by atoms with Gasteiger partial charge in [-0.15, -0.1) is 11.8 Å². The normalized spacial score (nSPS) is 15.9. The number of aryl methyl sites for hydroxylation is 1. The maximum absolute atomic E-state index is 12.9. The van der Waals surface area contributed by atoms with E-state index >= 15 is 0 Å². The topological polar surface area (TPSA) is 62.6 Å². The van der Waals surface area contributed by atoms with Crippen molar-refractivity contribution in [1.82, 2.24) is 4.90 Å². The second-order valence-electron chi connectivity index (χ2n) is 7.77. The van der Waals surface area contributed by atoms with Crippen LogP contribution in [-0.4, -0.2) is 43.4 Å². The monoisotopic (exact) mass is 438 g/mol. The summed E-state index contributed by atoms with van der Waals surface area (Å²) in [5.41, 5.74) is 3.00. The summed E-state index contributed by atoms with van der Waals surface area (Å²) in [5, 5.41) is 8.90. The Balaban J connectivity index is 1.52. The molecule has 1 heterocycles. The first kappa shape index (κ1) is 23.0. The van der Waals surface area contributed by atoms with E-state index in [-0.39, 0.29) is 5.91 Å². The van der Waals surface area contributed by atoms with Crippen LogP contribution in [0, 0.1) is 11.3 Å². The Kier molecular flexibility index (Phi) is 8.66. The van der Waals surface area contributed by atoms with Crippen molar-refractivity contribution in [2.45, 2.75) is 43.9 Å². The lowest BCUT2D eigenvalue weighted by molar-refractivity contribution is -0.132. The highest BCUT2D eigenvalue weighted by atomic mass is 32.2. The zero-order chi connectivity index (χ0) is 22.1. The quantitative estimate of drug-likeness (QED) is 0.562. The first-order chi connectivity index (χ1) is 15.1. The third kappa shape index (κ3) is 6.41. The molecular weight excluding hydrogens is 408 g/mol. The molecule has 0 saturated carbocycles. The lowest BCUT2D eigenvalue weighted by atomic mass is 9.95. The molecule has 1 saturated heterocycles. The van der Waals surface area contributed by atoms with Crippen LogP contribution in [0.15, 0.2) is 42.5 Å². The molecule has 3 rings (SSSR count). The van der Waals surface area contributed by atoms with Crippen LogP contribution in [0.3, 0.4) is 0 Å². The number of piperidine rings is 1. The Morgan fingerprint density at radius 1 is 1.10 bits per heavy atom. The van der Waals surface area contributed by atoms with Gasteiger partial charge in [0.25, 0.3) is 0 Å². The van der Waals surface area contributed by atoms with Gasteiger partial charge in [-0.25, -0.2) is 0 Å². The minimum atomic E-state index is 0.232. The number of ether oxygens (including phenoxy) is 2. The molecule has 0 radical (unpaired) electrons. The van der Waals surface area contributed by atoms with Crippen LogP contribution in [0.4, 0.5) is 0 Å². The van der Waals surface area contributed by atoms with Gasteiger partial charge >= 0.3 is 0 Å². The summed E-state index contributed by atoms with van der Waals surface area (Å²) < 4.78 is 10.7. The summed E-state index contributed by atoms with van der Waals surface area (Å²) >= 11 is 1.64. The number of nitrogens with zero attached hydrogens (tertiary/aromatic N) is 2. The van der Waals surface area contributed by atoms with Crippen LogP contribution >= 0.6 is 11.8 Å². The van der Waals surface area contributed by atoms with Crippen molar-refractivity contribution in [3.05, 3.63) is 59.2 Å². The van der Waals surface area contributed by atoms with Crippen molar-refractivity contribution in [2.24, 2.45) is 0 Å². The molecule has 1 aliphatic rings. The van der Waals surface area contributed by atoms with Crippen molar-refractivity contribution < 1.29 is 14.3 Å². The predicted molar refractivity (Wildman–Crippen MR) is 125 cm³/mol. The van der Waals surface area contributed by atoms with Crippen molar-refractivity contribution in [3.63, 3.8) is 0 Å². The Morgan fingerprint density at radius 3 is 2.55 bits per heavy atom. The Bertz CT molecular complexity index is 908. The lowest BCUT2D eigenvalue weighted by Gasteiger charge is -2.36. The number of nitriles is 1. The standard InChI is InChI=1S/C25H30N2O3S/c1-29-23-13-11-19(15-24(23)30-2)10-12-22-5-3-4-14-27(22)25(28)18-31-17-21-8-6-20(16-26)7-9-21/h6-9,11,13,15,22H,3-5,10,12,14,17-18H2,1-2H3. The smallest absolute Gasteiger partial charge is 0.232 e. The van der Waals surface area contributed by atoms with Crippen molar-refractivity contribution in [2.75, 3.05) is 26.5 Å². The van der Waals surface area contributed by atoms with Gasteiger partial charge < -0.3 is 14.4 Å². The Morgan fingerprint density at radius 2 is 1.84 bits per heavy atom. The van der Waals surface area contributed by atoms with E-state index in [0.29, 0.717) is 17.4 Å². The number of likely N-dealkylation sites (tertiary alicyclic amines) is 1. The van der Waals surface area contributed by atoms with Crippen LogP contribution in [0.2, 0.25) is 0 Å². The van der Waals surface area contributed by atoms with E-state index < -0.39 is 0 Å². The number of amides is 1. The van der Waals surface area contributed by atoms with Crippen LogP contribution in [-0.2, 0) is 17.0 Å². The second kappa shape index (κ2) is 11.7. The summed E-state index contributed by atoms with van der Waals surface area (Å²) in [6.07, 6.45) is 5.20. The molecule has 2 aromatic rings. The number of benzene rings is 2. The number of carbonyl (C=O) groups is 1. The van der Waals surface area contributed by atoms with E-state index in [4.69, 9.17) is 14.7 Å². The van der Waals surface area contributed by atoms with Gasteiger partial charge in [-0.2, -0.15) is 5.26 Å². The van der Waals surface area contributed by atoms with E-state index in [9.17, 15) is 4.79 Å². The van der Waals surface area contributed by atoms with Gasteiger partial charge in [-0.1, -0.05) is 18.2 Å². The molecule has 1 amide bonds. The van der Waals surface area contributed by atoms with Gasteiger partial charge in [0, 0.05) is 18.3 Å². The molecule has 5 nitrogen and oxygen atoms in total. The molecule has 0 aromatic heterocycles. The molecule has 0 spiro atoms. The average molecular weight is 439 g/mol. The second-order valence-corrected chi connectivity index (χ2v) is 8.75. The van der Waals surface area contributed by atoms with Crippen molar-refractivity contribution in [3.8, 4) is 17.6 Å². The number of thioether (sulfide) groups is 1. The molecule has 1 unspecified atom stereocenters. The van der Waals surface area contributed by atoms with E-state index in [1.165, 1.54) is 12.0 Å². The summed E-state index contributed by atoms with van der Waals surface area (Å²) in [6.45, 7) is 0.854. The zero-order valence-electron chi connectivity index (χ0n) is 18.3. The van der Waals surface area contributed by atoms with Crippen LogP contribution < -0.4 is 9.47 Å².